The van der Waals surface area contributed by atoms with Crippen molar-refractivity contribution in [3.05, 3.63) is 59.1 Å². The molecule has 2 aromatic rings. The molecule has 2 aliphatic rings. The van der Waals surface area contributed by atoms with Gasteiger partial charge in [-0.2, -0.15) is 5.26 Å². The highest BCUT2D eigenvalue weighted by Gasteiger charge is 2.37. The van der Waals surface area contributed by atoms with Gasteiger partial charge < -0.3 is 25.3 Å². The number of piperazine rings is 1. The number of nitrogens with one attached hydrogen (secondary N) is 2. The number of benzene rings is 2. The average molecular weight is 495 g/mol. The number of nitriles is 1. The zero-order valence-electron chi connectivity index (χ0n) is 20.0. The number of likely N-dealkylation sites (tertiary alicyclic amines) is 1. The van der Waals surface area contributed by atoms with Crippen LogP contribution in [0.15, 0.2) is 48.5 Å². The minimum Gasteiger partial charge on any atom is -0.366 e. The number of anilines is 2. The summed E-state index contributed by atoms with van der Waals surface area (Å²) < 4.78 is 0. The summed E-state index contributed by atoms with van der Waals surface area (Å²) in [5, 5.41) is 16.0. The minimum atomic E-state index is -0.574. The lowest BCUT2D eigenvalue weighted by Gasteiger charge is -2.37. The highest BCUT2D eigenvalue weighted by molar-refractivity contribution is 6.34. The fourth-order valence-corrected chi connectivity index (χ4v) is 5.06. The number of carbonyl (C=O) groups excluding carboxylic acids is 2. The van der Waals surface area contributed by atoms with Crippen molar-refractivity contribution < 1.29 is 9.59 Å². The molecule has 0 spiro atoms. The molecule has 2 saturated heterocycles. The Morgan fingerprint density at radius 3 is 2.34 bits per heavy atom. The number of para-hydroxylation sites is 1. The van der Waals surface area contributed by atoms with Crippen LogP contribution in [-0.4, -0.2) is 74.6 Å². The van der Waals surface area contributed by atoms with Crippen molar-refractivity contribution in [2.24, 2.45) is 0 Å². The molecule has 0 aromatic heterocycles. The van der Waals surface area contributed by atoms with Gasteiger partial charge in [-0.25, -0.2) is 4.79 Å². The monoisotopic (exact) mass is 494 g/mol. The number of nitrogens with zero attached hydrogens (tertiary/aromatic N) is 4. The normalized spacial score (nSPS) is 18.0. The lowest BCUT2D eigenvalue weighted by atomic mass is 9.74. The molecule has 184 valence electrons. The van der Waals surface area contributed by atoms with Crippen LogP contribution in [0.4, 0.5) is 16.2 Å². The second-order valence-electron chi connectivity index (χ2n) is 9.17. The van der Waals surface area contributed by atoms with Crippen LogP contribution in [0.2, 0.25) is 5.02 Å². The minimum absolute atomic E-state index is 0.110. The topological polar surface area (TPSA) is 91.7 Å². The summed E-state index contributed by atoms with van der Waals surface area (Å²) in [6.07, 6.45) is 1.14. The Balaban J connectivity index is 1.31. The van der Waals surface area contributed by atoms with E-state index in [2.05, 4.69) is 33.6 Å². The van der Waals surface area contributed by atoms with Gasteiger partial charge in [-0.15, -0.1) is 0 Å². The number of likely N-dealkylation sites (N-methyl/N-ethyl adjacent to an activating group) is 1. The molecule has 0 atom stereocenters. The van der Waals surface area contributed by atoms with Crippen LogP contribution in [-0.2, 0) is 10.2 Å². The van der Waals surface area contributed by atoms with Gasteiger partial charge in [0.25, 0.3) is 0 Å². The van der Waals surface area contributed by atoms with Crippen molar-refractivity contribution in [2.75, 3.05) is 63.1 Å². The zero-order chi connectivity index (χ0) is 24.8. The van der Waals surface area contributed by atoms with E-state index in [0.717, 1.165) is 37.4 Å². The number of rotatable bonds is 5. The van der Waals surface area contributed by atoms with Gasteiger partial charge in [-0.1, -0.05) is 48.0 Å². The van der Waals surface area contributed by atoms with Crippen LogP contribution in [0.3, 0.4) is 0 Å². The third-order valence-electron chi connectivity index (χ3n) is 6.96. The molecule has 8 nitrogen and oxygen atoms in total. The van der Waals surface area contributed by atoms with E-state index in [0.29, 0.717) is 36.6 Å². The number of carbonyl (C=O) groups is 2. The molecule has 2 heterocycles. The van der Waals surface area contributed by atoms with Gasteiger partial charge in [-0.05, 0) is 37.6 Å². The molecule has 2 fully saturated rings. The van der Waals surface area contributed by atoms with Gasteiger partial charge in [0.05, 0.1) is 34.4 Å². The fourth-order valence-electron chi connectivity index (χ4n) is 4.76. The average Bonchev–Trinajstić information content (AvgIpc) is 2.89. The van der Waals surface area contributed by atoms with Crippen molar-refractivity contribution in [3.8, 4) is 6.07 Å². The maximum Gasteiger partial charge on any atom is 0.319 e. The van der Waals surface area contributed by atoms with Gasteiger partial charge in [0.1, 0.15) is 0 Å². The van der Waals surface area contributed by atoms with Crippen molar-refractivity contribution in [1.82, 2.24) is 15.1 Å². The summed E-state index contributed by atoms with van der Waals surface area (Å²) >= 11 is 6.48. The Labute approximate surface area is 211 Å². The van der Waals surface area contributed by atoms with E-state index in [9.17, 15) is 14.9 Å². The van der Waals surface area contributed by atoms with E-state index < -0.39 is 11.4 Å². The van der Waals surface area contributed by atoms with E-state index in [-0.39, 0.29) is 12.5 Å². The van der Waals surface area contributed by atoms with Gasteiger partial charge >= 0.3 is 6.03 Å². The fraction of sp³-hybridized carbons (Fsp3) is 0.423. The Hall–Kier alpha value is -3.28. The molecule has 4 rings (SSSR count). The number of halogens is 1. The summed E-state index contributed by atoms with van der Waals surface area (Å²) in [5.41, 5.74) is 1.83. The first-order chi connectivity index (χ1) is 16.9. The molecule has 0 saturated carbocycles. The molecule has 0 bridgehead atoms. The number of amides is 3. The summed E-state index contributed by atoms with van der Waals surface area (Å²) in [7, 11) is 2.08. The Morgan fingerprint density at radius 2 is 1.69 bits per heavy atom. The first-order valence-electron chi connectivity index (χ1n) is 11.9. The van der Waals surface area contributed by atoms with Crippen molar-refractivity contribution in [1.29, 1.82) is 5.26 Å². The number of hydrogen-bond acceptors (Lipinski definition) is 5. The zero-order valence-corrected chi connectivity index (χ0v) is 20.7. The van der Waals surface area contributed by atoms with Crippen molar-refractivity contribution in [2.45, 2.75) is 18.3 Å². The smallest absolute Gasteiger partial charge is 0.319 e. The molecule has 2 aromatic carbocycles. The maximum atomic E-state index is 12.8. The third kappa shape index (κ3) is 5.69. The second kappa shape index (κ2) is 11.0. The number of piperidine rings is 1. The molecular formula is C26H31ClN6O2. The lowest BCUT2D eigenvalue weighted by Crippen LogP contribution is -2.48. The quantitative estimate of drug-likeness (QED) is 0.665. The van der Waals surface area contributed by atoms with Crippen LogP contribution >= 0.6 is 11.6 Å². The molecular weight excluding hydrogens is 464 g/mol. The molecule has 2 aliphatic heterocycles. The number of hydrogen-bond donors (Lipinski definition) is 2. The molecule has 0 aliphatic carbocycles. The van der Waals surface area contributed by atoms with E-state index in [1.807, 2.05) is 42.5 Å². The van der Waals surface area contributed by atoms with Gasteiger partial charge in [0, 0.05) is 39.3 Å². The molecule has 9 heteroatoms. The Kier molecular flexibility index (Phi) is 7.79. The first-order valence-corrected chi connectivity index (χ1v) is 12.3. The molecule has 3 amide bonds. The van der Waals surface area contributed by atoms with Gasteiger partial charge in [0.15, 0.2) is 0 Å². The highest BCUT2D eigenvalue weighted by atomic mass is 35.5. The summed E-state index contributed by atoms with van der Waals surface area (Å²) in [6.45, 7) is 4.31. The molecule has 0 unspecified atom stereocenters. The van der Waals surface area contributed by atoms with Crippen LogP contribution in [0, 0.1) is 11.3 Å². The van der Waals surface area contributed by atoms with Crippen molar-refractivity contribution >= 4 is 34.9 Å². The predicted molar refractivity (Wildman–Crippen MR) is 138 cm³/mol. The Bertz CT molecular complexity index is 1090. The highest BCUT2D eigenvalue weighted by Crippen LogP contribution is 2.35. The summed E-state index contributed by atoms with van der Waals surface area (Å²) in [5.74, 6) is -0.162. The summed E-state index contributed by atoms with van der Waals surface area (Å²) in [6, 6.07) is 17.2. The lowest BCUT2D eigenvalue weighted by molar-refractivity contribution is -0.131. The SMILES string of the molecule is CN1CCN(c2c(Cl)cccc2NC(=O)NCC(=O)N2CCC(C#N)(c3ccccc3)CC2)CC1. The van der Waals surface area contributed by atoms with E-state index in [4.69, 9.17) is 11.6 Å². The van der Waals surface area contributed by atoms with E-state index >= 15 is 0 Å². The van der Waals surface area contributed by atoms with Gasteiger partial charge in [-0.3, -0.25) is 4.79 Å². The number of urea groups is 1. The van der Waals surface area contributed by atoms with Crippen molar-refractivity contribution in [3.63, 3.8) is 0 Å². The Morgan fingerprint density at radius 1 is 1.00 bits per heavy atom. The first kappa shape index (κ1) is 24.8. The van der Waals surface area contributed by atoms with E-state index in [1.54, 1.807) is 11.0 Å². The molecule has 35 heavy (non-hydrogen) atoms. The van der Waals surface area contributed by atoms with Gasteiger partial charge in [0.2, 0.25) is 5.91 Å². The summed E-state index contributed by atoms with van der Waals surface area (Å²) in [4.78, 5) is 31.5. The van der Waals surface area contributed by atoms with Crippen LogP contribution < -0.4 is 15.5 Å². The van der Waals surface area contributed by atoms with Crippen LogP contribution in [0.25, 0.3) is 0 Å². The van der Waals surface area contributed by atoms with Crippen LogP contribution in [0.5, 0.6) is 0 Å². The maximum absolute atomic E-state index is 12.8. The largest absolute Gasteiger partial charge is 0.366 e. The predicted octanol–water partition coefficient (Wildman–Crippen LogP) is 3.30. The molecule has 0 radical (unpaired) electrons. The standard InChI is InChI=1S/C26H31ClN6O2/c1-31-14-16-33(17-15-31)24-21(27)8-5-9-22(24)30-25(35)29-18-23(34)32-12-10-26(19-28,11-13-32)20-6-3-2-4-7-20/h2-9H,10-18H2,1H3,(H2,29,30,35). The third-order valence-corrected chi connectivity index (χ3v) is 7.27. The van der Waals surface area contributed by atoms with E-state index in [1.165, 1.54) is 0 Å². The molecule has 2 N–H and O–H groups in total. The second-order valence-corrected chi connectivity index (χ2v) is 9.58. The van der Waals surface area contributed by atoms with Crippen LogP contribution in [0.1, 0.15) is 18.4 Å².